The van der Waals surface area contributed by atoms with E-state index >= 15 is 0 Å². The van der Waals surface area contributed by atoms with E-state index in [4.69, 9.17) is 4.74 Å². The molecule has 0 unspecified atom stereocenters. The molecule has 0 N–H and O–H groups in total. The molecule has 0 aliphatic carbocycles. The standard InChI is InChI=1S/C18H23NO.ClH/c1-15-9-7-8-12-17(15)20-18(13-14-19(2)3)16-10-5-4-6-11-16;/h4-12,18H,13-14H2,1-3H3;1H/t18-;/m1./s1. The second kappa shape index (κ2) is 8.71. The Morgan fingerprint density at radius 2 is 1.57 bits per heavy atom. The normalized spacial score (nSPS) is 11.8. The molecule has 114 valence electrons. The quantitative estimate of drug-likeness (QED) is 0.779. The van der Waals surface area contributed by atoms with E-state index in [1.807, 2.05) is 24.3 Å². The number of rotatable bonds is 6. The van der Waals surface area contributed by atoms with Gasteiger partial charge in [-0.15, -0.1) is 12.4 Å². The van der Waals surface area contributed by atoms with Crippen LogP contribution in [0, 0.1) is 6.92 Å². The molecule has 0 aliphatic rings. The van der Waals surface area contributed by atoms with Gasteiger partial charge >= 0.3 is 0 Å². The summed E-state index contributed by atoms with van der Waals surface area (Å²) in [6, 6.07) is 18.6. The van der Waals surface area contributed by atoms with Gasteiger partial charge in [0.25, 0.3) is 0 Å². The maximum atomic E-state index is 6.26. The van der Waals surface area contributed by atoms with Gasteiger partial charge in [-0.3, -0.25) is 0 Å². The van der Waals surface area contributed by atoms with E-state index in [-0.39, 0.29) is 18.5 Å². The molecule has 0 aromatic heterocycles. The number of nitrogens with zero attached hydrogens (tertiary/aromatic N) is 1. The lowest BCUT2D eigenvalue weighted by atomic mass is 10.1. The molecule has 0 fully saturated rings. The largest absolute Gasteiger partial charge is 0.485 e. The van der Waals surface area contributed by atoms with Crippen molar-refractivity contribution in [3.05, 3.63) is 65.7 Å². The average molecular weight is 306 g/mol. The van der Waals surface area contributed by atoms with Gasteiger partial charge < -0.3 is 9.64 Å². The Bertz CT molecular complexity index is 528. The van der Waals surface area contributed by atoms with Gasteiger partial charge in [-0.1, -0.05) is 48.5 Å². The topological polar surface area (TPSA) is 12.5 Å². The van der Waals surface area contributed by atoms with Gasteiger partial charge in [0.05, 0.1) is 0 Å². The number of halogens is 1. The van der Waals surface area contributed by atoms with Gasteiger partial charge in [-0.2, -0.15) is 0 Å². The van der Waals surface area contributed by atoms with Crippen LogP contribution in [0.2, 0.25) is 0 Å². The number of ether oxygens (including phenoxy) is 1. The summed E-state index contributed by atoms with van der Waals surface area (Å²) in [4.78, 5) is 2.19. The Balaban J connectivity index is 0.00000220. The van der Waals surface area contributed by atoms with Crippen LogP contribution in [0.15, 0.2) is 54.6 Å². The van der Waals surface area contributed by atoms with Crippen LogP contribution in [0.3, 0.4) is 0 Å². The zero-order valence-electron chi connectivity index (χ0n) is 13.0. The van der Waals surface area contributed by atoms with Crippen LogP contribution < -0.4 is 4.74 Å². The third-order valence-electron chi connectivity index (χ3n) is 3.37. The molecule has 0 amide bonds. The summed E-state index contributed by atoms with van der Waals surface area (Å²) in [7, 11) is 4.19. The van der Waals surface area contributed by atoms with Crippen LogP contribution in [0.5, 0.6) is 5.75 Å². The van der Waals surface area contributed by atoms with Gasteiger partial charge in [-0.05, 0) is 38.2 Å². The number of hydrogen-bond acceptors (Lipinski definition) is 2. The maximum Gasteiger partial charge on any atom is 0.125 e. The summed E-state index contributed by atoms with van der Waals surface area (Å²) in [6.07, 6.45) is 1.07. The summed E-state index contributed by atoms with van der Waals surface area (Å²) >= 11 is 0. The van der Waals surface area contributed by atoms with Crippen LogP contribution in [-0.2, 0) is 0 Å². The molecule has 0 saturated carbocycles. The first-order chi connectivity index (χ1) is 9.66. The van der Waals surface area contributed by atoms with Crippen molar-refractivity contribution in [3.63, 3.8) is 0 Å². The smallest absolute Gasteiger partial charge is 0.125 e. The number of hydrogen-bond donors (Lipinski definition) is 0. The van der Waals surface area contributed by atoms with Gasteiger partial charge in [-0.25, -0.2) is 0 Å². The molecule has 21 heavy (non-hydrogen) atoms. The molecule has 0 radical (unpaired) electrons. The van der Waals surface area contributed by atoms with Crippen molar-refractivity contribution >= 4 is 12.4 Å². The Kier molecular flexibility index (Phi) is 7.27. The molecule has 2 aromatic rings. The van der Waals surface area contributed by atoms with Crippen molar-refractivity contribution < 1.29 is 4.74 Å². The first-order valence-electron chi connectivity index (χ1n) is 7.09. The van der Waals surface area contributed by atoms with E-state index in [0.29, 0.717) is 0 Å². The fourth-order valence-corrected chi connectivity index (χ4v) is 2.18. The first-order valence-corrected chi connectivity index (χ1v) is 7.09. The average Bonchev–Trinajstić information content (AvgIpc) is 2.46. The van der Waals surface area contributed by atoms with Gasteiger partial charge in [0, 0.05) is 13.0 Å². The summed E-state index contributed by atoms with van der Waals surface area (Å²) in [6.45, 7) is 3.09. The molecule has 0 heterocycles. The molecule has 2 nitrogen and oxygen atoms in total. The summed E-state index contributed by atoms with van der Waals surface area (Å²) in [5.74, 6) is 0.972. The third kappa shape index (κ3) is 5.41. The van der Waals surface area contributed by atoms with Crippen molar-refractivity contribution in [3.8, 4) is 5.75 Å². The van der Waals surface area contributed by atoms with Crippen molar-refractivity contribution in [2.45, 2.75) is 19.4 Å². The molecule has 2 rings (SSSR count). The van der Waals surface area contributed by atoms with E-state index < -0.39 is 0 Å². The van der Waals surface area contributed by atoms with Crippen molar-refractivity contribution in [1.29, 1.82) is 0 Å². The van der Waals surface area contributed by atoms with Gasteiger partial charge in [0.15, 0.2) is 0 Å². The molecule has 0 saturated heterocycles. The van der Waals surface area contributed by atoms with Crippen LogP contribution in [0.25, 0.3) is 0 Å². The fourth-order valence-electron chi connectivity index (χ4n) is 2.18. The Morgan fingerprint density at radius 1 is 0.952 bits per heavy atom. The lowest BCUT2D eigenvalue weighted by molar-refractivity contribution is 0.178. The molecular formula is C18H24ClNO. The molecule has 0 bridgehead atoms. The molecule has 3 heteroatoms. The lowest BCUT2D eigenvalue weighted by Crippen LogP contribution is -2.19. The highest BCUT2D eigenvalue weighted by Gasteiger charge is 2.14. The molecule has 2 aromatic carbocycles. The van der Waals surface area contributed by atoms with Crippen LogP contribution in [-0.4, -0.2) is 25.5 Å². The number of para-hydroxylation sites is 1. The molecule has 0 spiro atoms. The Morgan fingerprint density at radius 3 is 2.19 bits per heavy atom. The summed E-state index contributed by atoms with van der Waals surface area (Å²) in [5, 5.41) is 0. The highest BCUT2D eigenvalue weighted by atomic mass is 35.5. The van der Waals surface area contributed by atoms with Gasteiger partial charge in [0.1, 0.15) is 11.9 Å². The predicted molar refractivity (Wildman–Crippen MR) is 91.4 cm³/mol. The molecule has 1 atom stereocenters. The molecule has 0 aliphatic heterocycles. The van der Waals surface area contributed by atoms with E-state index in [2.05, 4.69) is 56.3 Å². The summed E-state index contributed by atoms with van der Waals surface area (Å²) < 4.78 is 6.26. The minimum Gasteiger partial charge on any atom is -0.485 e. The van der Waals surface area contributed by atoms with E-state index in [9.17, 15) is 0 Å². The summed E-state index contributed by atoms with van der Waals surface area (Å²) in [5.41, 5.74) is 2.41. The fraction of sp³-hybridized carbons (Fsp3) is 0.333. The third-order valence-corrected chi connectivity index (χ3v) is 3.37. The van der Waals surface area contributed by atoms with E-state index in [0.717, 1.165) is 18.7 Å². The van der Waals surface area contributed by atoms with Crippen LogP contribution in [0.1, 0.15) is 23.7 Å². The highest BCUT2D eigenvalue weighted by Crippen LogP contribution is 2.27. The lowest BCUT2D eigenvalue weighted by Gasteiger charge is -2.22. The number of benzene rings is 2. The Labute approximate surface area is 134 Å². The minimum atomic E-state index is 0. The molecular weight excluding hydrogens is 282 g/mol. The van der Waals surface area contributed by atoms with Crippen molar-refractivity contribution in [1.82, 2.24) is 4.90 Å². The van der Waals surface area contributed by atoms with Gasteiger partial charge in [0.2, 0.25) is 0 Å². The zero-order valence-corrected chi connectivity index (χ0v) is 13.8. The van der Waals surface area contributed by atoms with Crippen molar-refractivity contribution in [2.75, 3.05) is 20.6 Å². The zero-order chi connectivity index (χ0) is 14.4. The Hall–Kier alpha value is -1.51. The minimum absolute atomic E-state index is 0. The van der Waals surface area contributed by atoms with Crippen LogP contribution >= 0.6 is 12.4 Å². The van der Waals surface area contributed by atoms with E-state index in [1.165, 1.54) is 11.1 Å². The van der Waals surface area contributed by atoms with Crippen molar-refractivity contribution in [2.24, 2.45) is 0 Å². The second-order valence-corrected chi connectivity index (χ2v) is 5.37. The predicted octanol–water partition coefficient (Wildman–Crippen LogP) is 4.49. The monoisotopic (exact) mass is 305 g/mol. The van der Waals surface area contributed by atoms with Crippen LogP contribution in [0.4, 0.5) is 0 Å². The number of aryl methyl sites for hydroxylation is 1. The second-order valence-electron chi connectivity index (χ2n) is 5.37. The SMILES string of the molecule is Cc1ccccc1O[C@H](CCN(C)C)c1ccccc1.Cl. The highest BCUT2D eigenvalue weighted by molar-refractivity contribution is 5.85. The first kappa shape index (κ1) is 17.5. The maximum absolute atomic E-state index is 6.26. The van der Waals surface area contributed by atoms with E-state index in [1.54, 1.807) is 0 Å².